The number of H-pyrrole nitrogens is 1. The Labute approximate surface area is 104 Å². The lowest BCUT2D eigenvalue weighted by Crippen LogP contribution is -2.11. The van der Waals surface area contributed by atoms with E-state index >= 15 is 0 Å². The first kappa shape index (κ1) is 12.1. The number of anilines is 1. The standard InChI is InChI=1S/C12H14N4O2/c1-2-11(12-13-7-8-14-12)15-9-3-5-10(6-4-9)16(17)18/h3-8,11,15H,2H2,1H3,(H,13,14). The van der Waals surface area contributed by atoms with Crippen molar-refractivity contribution < 1.29 is 4.92 Å². The molecule has 2 N–H and O–H groups in total. The second-order valence-electron chi connectivity index (χ2n) is 3.88. The van der Waals surface area contributed by atoms with Crippen LogP contribution >= 0.6 is 0 Å². The van der Waals surface area contributed by atoms with Crippen molar-refractivity contribution in [2.75, 3.05) is 5.32 Å². The van der Waals surface area contributed by atoms with Crippen molar-refractivity contribution in [2.45, 2.75) is 19.4 Å². The quantitative estimate of drug-likeness (QED) is 0.627. The number of nitro groups is 1. The van der Waals surface area contributed by atoms with Crippen LogP contribution in [0.15, 0.2) is 36.7 Å². The molecule has 0 saturated heterocycles. The predicted molar refractivity (Wildman–Crippen MR) is 68.3 cm³/mol. The smallest absolute Gasteiger partial charge is 0.269 e. The number of aromatic nitrogens is 2. The van der Waals surface area contributed by atoms with Crippen LogP contribution < -0.4 is 5.32 Å². The molecular formula is C12H14N4O2. The topological polar surface area (TPSA) is 83.8 Å². The molecule has 1 aromatic carbocycles. The highest BCUT2D eigenvalue weighted by Gasteiger charge is 2.12. The highest BCUT2D eigenvalue weighted by Crippen LogP contribution is 2.21. The monoisotopic (exact) mass is 246 g/mol. The predicted octanol–water partition coefficient (Wildman–Crippen LogP) is 2.88. The molecule has 0 aliphatic rings. The van der Waals surface area contributed by atoms with Gasteiger partial charge in [-0.15, -0.1) is 0 Å². The molecule has 0 saturated carbocycles. The number of imidazole rings is 1. The fraction of sp³-hybridized carbons (Fsp3) is 0.250. The third-order valence-electron chi connectivity index (χ3n) is 2.68. The second kappa shape index (κ2) is 5.31. The van der Waals surface area contributed by atoms with E-state index in [-0.39, 0.29) is 11.7 Å². The average molecular weight is 246 g/mol. The number of nitro benzene ring substituents is 1. The highest BCUT2D eigenvalue weighted by atomic mass is 16.6. The van der Waals surface area contributed by atoms with Crippen LogP contribution in [0.1, 0.15) is 25.2 Å². The van der Waals surface area contributed by atoms with Crippen LogP contribution in [0.25, 0.3) is 0 Å². The van der Waals surface area contributed by atoms with Gasteiger partial charge < -0.3 is 10.3 Å². The van der Waals surface area contributed by atoms with Crippen molar-refractivity contribution in [1.82, 2.24) is 9.97 Å². The van der Waals surface area contributed by atoms with E-state index in [1.54, 1.807) is 24.5 Å². The number of hydrogen-bond acceptors (Lipinski definition) is 4. The Hall–Kier alpha value is -2.37. The zero-order valence-corrected chi connectivity index (χ0v) is 9.96. The van der Waals surface area contributed by atoms with E-state index in [1.165, 1.54) is 12.1 Å². The molecule has 1 atom stereocenters. The van der Waals surface area contributed by atoms with Gasteiger partial charge in [0.25, 0.3) is 5.69 Å². The summed E-state index contributed by atoms with van der Waals surface area (Å²) in [4.78, 5) is 17.4. The van der Waals surface area contributed by atoms with E-state index in [0.29, 0.717) is 0 Å². The summed E-state index contributed by atoms with van der Waals surface area (Å²) in [6.07, 6.45) is 4.34. The number of benzene rings is 1. The van der Waals surface area contributed by atoms with Crippen LogP contribution in [0.4, 0.5) is 11.4 Å². The Morgan fingerprint density at radius 1 is 1.44 bits per heavy atom. The van der Waals surface area contributed by atoms with E-state index in [4.69, 9.17) is 0 Å². The number of rotatable bonds is 5. The Morgan fingerprint density at radius 2 is 2.17 bits per heavy atom. The van der Waals surface area contributed by atoms with Crippen molar-refractivity contribution in [3.63, 3.8) is 0 Å². The first-order valence-corrected chi connectivity index (χ1v) is 5.71. The molecule has 0 aliphatic heterocycles. The molecule has 18 heavy (non-hydrogen) atoms. The maximum atomic E-state index is 10.5. The normalized spacial score (nSPS) is 12.1. The number of nitrogens with one attached hydrogen (secondary N) is 2. The molecule has 94 valence electrons. The molecule has 1 aromatic heterocycles. The van der Waals surface area contributed by atoms with Crippen LogP contribution in [0.5, 0.6) is 0 Å². The molecule has 6 heteroatoms. The summed E-state index contributed by atoms with van der Waals surface area (Å²) >= 11 is 0. The fourth-order valence-electron chi connectivity index (χ4n) is 1.71. The zero-order valence-electron chi connectivity index (χ0n) is 9.96. The SMILES string of the molecule is CCC(Nc1ccc([N+](=O)[O-])cc1)c1ncc[nH]1. The third kappa shape index (κ3) is 2.65. The highest BCUT2D eigenvalue weighted by molar-refractivity contribution is 5.49. The first-order chi connectivity index (χ1) is 8.70. The van der Waals surface area contributed by atoms with Crippen LogP contribution in [-0.4, -0.2) is 14.9 Å². The largest absolute Gasteiger partial charge is 0.375 e. The van der Waals surface area contributed by atoms with E-state index < -0.39 is 4.92 Å². The van der Waals surface area contributed by atoms with Gasteiger partial charge in [0.1, 0.15) is 5.82 Å². The molecule has 0 amide bonds. The summed E-state index contributed by atoms with van der Waals surface area (Å²) in [7, 11) is 0. The van der Waals surface area contributed by atoms with Gasteiger partial charge in [-0.2, -0.15) is 0 Å². The maximum Gasteiger partial charge on any atom is 0.269 e. The fourth-order valence-corrected chi connectivity index (χ4v) is 1.71. The van der Waals surface area contributed by atoms with Gasteiger partial charge in [-0.25, -0.2) is 4.98 Å². The molecule has 1 unspecified atom stereocenters. The van der Waals surface area contributed by atoms with Crippen molar-refractivity contribution >= 4 is 11.4 Å². The Kier molecular flexibility index (Phi) is 3.57. The molecular weight excluding hydrogens is 232 g/mol. The van der Waals surface area contributed by atoms with Gasteiger partial charge in [-0.05, 0) is 18.6 Å². The Balaban J connectivity index is 2.10. The minimum absolute atomic E-state index is 0.0708. The minimum atomic E-state index is -0.409. The van der Waals surface area contributed by atoms with Gasteiger partial charge in [-0.3, -0.25) is 10.1 Å². The number of nitrogens with zero attached hydrogens (tertiary/aromatic N) is 2. The lowest BCUT2D eigenvalue weighted by molar-refractivity contribution is -0.384. The second-order valence-corrected chi connectivity index (χ2v) is 3.88. The number of non-ortho nitro benzene ring substituents is 1. The number of hydrogen-bond donors (Lipinski definition) is 2. The van der Waals surface area contributed by atoms with Gasteiger partial charge in [0.05, 0.1) is 11.0 Å². The first-order valence-electron chi connectivity index (χ1n) is 5.71. The summed E-state index contributed by atoms with van der Waals surface area (Å²) in [6.45, 7) is 2.05. The van der Waals surface area contributed by atoms with Gasteiger partial charge in [0, 0.05) is 30.2 Å². The van der Waals surface area contributed by atoms with Crippen LogP contribution in [0.3, 0.4) is 0 Å². The Morgan fingerprint density at radius 3 is 2.67 bits per heavy atom. The summed E-state index contributed by atoms with van der Waals surface area (Å²) in [5.74, 6) is 0.857. The summed E-state index contributed by atoms with van der Waals surface area (Å²) in [5, 5.41) is 13.8. The zero-order chi connectivity index (χ0) is 13.0. The molecule has 0 spiro atoms. The lowest BCUT2D eigenvalue weighted by Gasteiger charge is -2.15. The molecule has 0 aliphatic carbocycles. The van der Waals surface area contributed by atoms with E-state index in [1.807, 2.05) is 6.92 Å². The van der Waals surface area contributed by atoms with Crippen molar-refractivity contribution in [3.8, 4) is 0 Å². The van der Waals surface area contributed by atoms with Crippen LogP contribution in [0, 0.1) is 10.1 Å². The van der Waals surface area contributed by atoms with Gasteiger partial charge >= 0.3 is 0 Å². The Bertz CT molecular complexity index is 507. The molecule has 1 heterocycles. The van der Waals surface area contributed by atoms with Gasteiger partial charge in [-0.1, -0.05) is 6.92 Å². The van der Waals surface area contributed by atoms with E-state index in [9.17, 15) is 10.1 Å². The van der Waals surface area contributed by atoms with Crippen molar-refractivity contribution in [2.24, 2.45) is 0 Å². The molecule has 2 aromatic rings. The summed E-state index contributed by atoms with van der Waals surface area (Å²) < 4.78 is 0. The molecule has 2 rings (SSSR count). The van der Waals surface area contributed by atoms with Gasteiger partial charge in [0.2, 0.25) is 0 Å². The van der Waals surface area contributed by atoms with Crippen molar-refractivity contribution in [1.29, 1.82) is 0 Å². The van der Waals surface area contributed by atoms with E-state index in [2.05, 4.69) is 15.3 Å². The molecule has 0 fully saturated rings. The maximum absolute atomic E-state index is 10.5. The summed E-state index contributed by atoms with van der Waals surface area (Å²) in [5.41, 5.74) is 0.926. The van der Waals surface area contributed by atoms with Gasteiger partial charge in [0.15, 0.2) is 0 Å². The van der Waals surface area contributed by atoms with E-state index in [0.717, 1.165) is 17.9 Å². The molecule has 0 radical (unpaired) electrons. The lowest BCUT2D eigenvalue weighted by atomic mass is 10.2. The van der Waals surface area contributed by atoms with Crippen LogP contribution in [-0.2, 0) is 0 Å². The average Bonchev–Trinajstić information content (AvgIpc) is 2.90. The van der Waals surface area contributed by atoms with Crippen LogP contribution in [0.2, 0.25) is 0 Å². The summed E-state index contributed by atoms with van der Waals surface area (Å²) in [6, 6.07) is 6.43. The number of aromatic amines is 1. The third-order valence-corrected chi connectivity index (χ3v) is 2.68. The molecule has 0 bridgehead atoms. The molecule has 6 nitrogen and oxygen atoms in total. The van der Waals surface area contributed by atoms with Crippen molar-refractivity contribution in [3.05, 3.63) is 52.6 Å². The minimum Gasteiger partial charge on any atom is -0.375 e.